The van der Waals surface area contributed by atoms with Gasteiger partial charge in [-0.2, -0.15) is 0 Å². The zero-order valence-electron chi connectivity index (χ0n) is 14.4. The Hall–Kier alpha value is -3.01. The molecule has 10 nitrogen and oxygen atoms in total. The molecule has 1 atom stereocenters. The van der Waals surface area contributed by atoms with Crippen molar-refractivity contribution in [2.75, 3.05) is 26.4 Å². The Kier molecular flexibility index (Phi) is 5.88. The summed E-state index contributed by atoms with van der Waals surface area (Å²) in [5.41, 5.74) is -1.01. The third kappa shape index (κ3) is 3.97. The molecule has 26 heavy (non-hydrogen) atoms. The lowest BCUT2D eigenvalue weighted by Crippen LogP contribution is -2.41. The van der Waals surface area contributed by atoms with Gasteiger partial charge in [0.25, 0.3) is 11.6 Å². The molecule has 0 unspecified atom stereocenters. The molecule has 1 aromatic rings. The molecule has 1 heterocycles. The van der Waals surface area contributed by atoms with E-state index in [1.54, 1.807) is 6.92 Å². The SMILES string of the molecule is CCOC(=O)COCCN1C(=O)N[C@@](C)(c2ccc([N+](=O)[O-])cc2)C1=O. The average molecular weight is 365 g/mol. The van der Waals surface area contributed by atoms with E-state index in [9.17, 15) is 24.5 Å². The number of nitrogens with one attached hydrogen (secondary N) is 1. The first-order valence-corrected chi connectivity index (χ1v) is 7.92. The second kappa shape index (κ2) is 7.91. The molecule has 1 saturated heterocycles. The number of carbonyl (C=O) groups excluding carboxylic acids is 3. The number of non-ortho nitro benzene ring substituents is 1. The van der Waals surface area contributed by atoms with Crippen LogP contribution >= 0.6 is 0 Å². The van der Waals surface area contributed by atoms with Gasteiger partial charge in [-0.05, 0) is 31.5 Å². The molecule has 1 fully saturated rings. The van der Waals surface area contributed by atoms with Crippen molar-refractivity contribution < 1.29 is 28.8 Å². The van der Waals surface area contributed by atoms with Gasteiger partial charge in [-0.25, -0.2) is 9.59 Å². The normalized spacial score (nSPS) is 19.4. The highest BCUT2D eigenvalue weighted by Gasteiger charge is 2.48. The number of imide groups is 1. The number of nitro benzene ring substituents is 1. The molecule has 2 rings (SSSR count). The third-order valence-electron chi connectivity index (χ3n) is 3.91. The van der Waals surface area contributed by atoms with E-state index in [4.69, 9.17) is 9.47 Å². The Balaban J connectivity index is 2.00. The summed E-state index contributed by atoms with van der Waals surface area (Å²) in [6, 6.07) is 4.79. The number of nitro groups is 1. The number of hydrogen-bond acceptors (Lipinski definition) is 7. The van der Waals surface area contributed by atoms with E-state index in [-0.39, 0.29) is 32.1 Å². The first-order chi connectivity index (χ1) is 12.3. The summed E-state index contributed by atoms with van der Waals surface area (Å²) in [5.74, 6) is -1.03. The van der Waals surface area contributed by atoms with Crippen LogP contribution in [0.25, 0.3) is 0 Å². The van der Waals surface area contributed by atoms with Crippen LogP contribution in [0.5, 0.6) is 0 Å². The van der Waals surface area contributed by atoms with E-state index < -0.39 is 28.4 Å². The van der Waals surface area contributed by atoms with Crippen LogP contribution in [0.1, 0.15) is 19.4 Å². The van der Waals surface area contributed by atoms with Crippen molar-refractivity contribution in [3.8, 4) is 0 Å². The van der Waals surface area contributed by atoms with Gasteiger partial charge in [0.05, 0.1) is 24.7 Å². The molecule has 0 aromatic heterocycles. The standard InChI is InChI=1S/C16H19N3O7/c1-3-26-13(20)10-25-9-8-18-14(21)16(2,17-15(18)22)11-4-6-12(7-5-11)19(23)24/h4-7H,3,8-10H2,1-2H3,(H,17,22)/t16-/m0/s1. The predicted octanol–water partition coefficient (Wildman–Crippen LogP) is 0.941. The lowest BCUT2D eigenvalue weighted by Gasteiger charge is -2.22. The van der Waals surface area contributed by atoms with Crippen molar-refractivity contribution in [3.05, 3.63) is 39.9 Å². The minimum absolute atomic E-state index is 0.0195. The van der Waals surface area contributed by atoms with Crippen molar-refractivity contribution in [2.45, 2.75) is 19.4 Å². The molecular weight excluding hydrogens is 346 g/mol. The second-order valence-electron chi connectivity index (χ2n) is 5.67. The minimum Gasteiger partial charge on any atom is -0.464 e. The van der Waals surface area contributed by atoms with Crippen LogP contribution < -0.4 is 5.32 Å². The molecular formula is C16H19N3O7. The van der Waals surface area contributed by atoms with E-state index in [2.05, 4.69) is 5.32 Å². The van der Waals surface area contributed by atoms with Crippen LogP contribution in [0, 0.1) is 10.1 Å². The fourth-order valence-corrected chi connectivity index (χ4v) is 2.53. The Labute approximate surface area is 149 Å². The molecule has 3 amide bonds. The molecule has 1 aromatic carbocycles. The number of nitrogens with zero attached hydrogens (tertiary/aromatic N) is 2. The summed E-state index contributed by atoms with van der Waals surface area (Å²) in [4.78, 5) is 47.1. The molecule has 10 heteroatoms. The molecule has 1 aliphatic rings. The second-order valence-corrected chi connectivity index (χ2v) is 5.67. The van der Waals surface area contributed by atoms with Gasteiger partial charge in [-0.15, -0.1) is 0 Å². The molecule has 0 spiro atoms. The zero-order chi connectivity index (χ0) is 19.3. The summed E-state index contributed by atoms with van der Waals surface area (Å²) in [6.45, 7) is 3.11. The summed E-state index contributed by atoms with van der Waals surface area (Å²) in [6.07, 6.45) is 0. The first kappa shape index (κ1) is 19.3. The molecule has 140 valence electrons. The molecule has 0 radical (unpaired) electrons. The highest BCUT2D eigenvalue weighted by molar-refractivity contribution is 6.07. The molecule has 1 aliphatic heterocycles. The number of esters is 1. The topological polar surface area (TPSA) is 128 Å². The van der Waals surface area contributed by atoms with E-state index in [0.717, 1.165) is 4.90 Å². The van der Waals surface area contributed by atoms with Crippen LogP contribution in [-0.4, -0.2) is 54.1 Å². The Morgan fingerprint density at radius 3 is 2.54 bits per heavy atom. The van der Waals surface area contributed by atoms with E-state index in [1.807, 2.05) is 0 Å². The van der Waals surface area contributed by atoms with Crippen LogP contribution in [0.15, 0.2) is 24.3 Å². The average Bonchev–Trinajstić information content (AvgIpc) is 2.82. The predicted molar refractivity (Wildman–Crippen MR) is 88.1 cm³/mol. The van der Waals surface area contributed by atoms with Gasteiger partial charge in [0.1, 0.15) is 12.1 Å². The van der Waals surface area contributed by atoms with Gasteiger partial charge in [0, 0.05) is 12.1 Å². The number of carbonyl (C=O) groups is 3. The number of benzene rings is 1. The number of ether oxygens (including phenoxy) is 2. The fraction of sp³-hybridized carbons (Fsp3) is 0.438. The molecule has 1 N–H and O–H groups in total. The maximum Gasteiger partial charge on any atom is 0.332 e. The van der Waals surface area contributed by atoms with Crippen LogP contribution in [0.3, 0.4) is 0 Å². The van der Waals surface area contributed by atoms with Gasteiger partial charge in [0.15, 0.2) is 0 Å². The van der Waals surface area contributed by atoms with Gasteiger partial charge >= 0.3 is 12.0 Å². The fourth-order valence-electron chi connectivity index (χ4n) is 2.53. The van der Waals surface area contributed by atoms with Crippen LogP contribution in [-0.2, 0) is 24.6 Å². The van der Waals surface area contributed by atoms with Gasteiger partial charge in [-0.3, -0.25) is 19.8 Å². The number of rotatable bonds is 8. The zero-order valence-corrected chi connectivity index (χ0v) is 14.4. The monoisotopic (exact) mass is 365 g/mol. The molecule has 0 bridgehead atoms. The van der Waals surface area contributed by atoms with E-state index in [0.29, 0.717) is 5.56 Å². The maximum atomic E-state index is 12.6. The summed E-state index contributed by atoms with van der Waals surface area (Å²) < 4.78 is 9.80. The van der Waals surface area contributed by atoms with E-state index >= 15 is 0 Å². The molecule has 0 aliphatic carbocycles. The minimum atomic E-state index is -1.33. The Bertz CT molecular complexity index is 719. The number of hydrogen-bond donors (Lipinski definition) is 1. The van der Waals surface area contributed by atoms with Crippen molar-refractivity contribution in [3.63, 3.8) is 0 Å². The highest BCUT2D eigenvalue weighted by Crippen LogP contribution is 2.29. The van der Waals surface area contributed by atoms with Gasteiger partial charge in [0.2, 0.25) is 0 Å². The number of amides is 3. The smallest absolute Gasteiger partial charge is 0.332 e. The quantitative estimate of drug-likeness (QED) is 0.239. The van der Waals surface area contributed by atoms with Gasteiger partial charge < -0.3 is 14.8 Å². The lowest BCUT2D eigenvalue weighted by molar-refractivity contribution is -0.384. The van der Waals surface area contributed by atoms with Crippen LogP contribution in [0.4, 0.5) is 10.5 Å². The van der Waals surface area contributed by atoms with Gasteiger partial charge in [-0.1, -0.05) is 0 Å². The molecule has 0 saturated carbocycles. The lowest BCUT2D eigenvalue weighted by atomic mass is 9.92. The van der Waals surface area contributed by atoms with Crippen molar-refractivity contribution in [2.24, 2.45) is 0 Å². The highest BCUT2D eigenvalue weighted by atomic mass is 16.6. The maximum absolute atomic E-state index is 12.6. The Morgan fingerprint density at radius 1 is 1.31 bits per heavy atom. The first-order valence-electron chi connectivity index (χ1n) is 7.92. The van der Waals surface area contributed by atoms with Crippen molar-refractivity contribution in [1.29, 1.82) is 0 Å². The summed E-state index contributed by atoms with van der Waals surface area (Å²) >= 11 is 0. The van der Waals surface area contributed by atoms with Crippen molar-refractivity contribution in [1.82, 2.24) is 10.2 Å². The third-order valence-corrected chi connectivity index (χ3v) is 3.91. The number of urea groups is 1. The Morgan fingerprint density at radius 2 is 1.96 bits per heavy atom. The summed E-state index contributed by atoms with van der Waals surface area (Å²) in [5, 5.41) is 13.3. The summed E-state index contributed by atoms with van der Waals surface area (Å²) in [7, 11) is 0. The van der Waals surface area contributed by atoms with E-state index in [1.165, 1.54) is 31.2 Å². The van der Waals surface area contributed by atoms with Crippen molar-refractivity contribution >= 4 is 23.6 Å². The van der Waals surface area contributed by atoms with Crippen LogP contribution in [0.2, 0.25) is 0 Å². The largest absolute Gasteiger partial charge is 0.464 e.